The number of rotatable bonds is 7. The van der Waals surface area contributed by atoms with Gasteiger partial charge in [-0.15, -0.1) is 0 Å². The highest BCUT2D eigenvalue weighted by molar-refractivity contribution is 5.80. The Kier molecular flexibility index (Phi) is 8.62. The second kappa shape index (κ2) is 11.4. The topological polar surface area (TPSA) is 54.9 Å². The first-order chi connectivity index (χ1) is 13.7. The number of ether oxygens (including phenoxy) is 2. The van der Waals surface area contributed by atoms with Crippen molar-refractivity contribution in [1.29, 1.82) is 0 Å². The van der Waals surface area contributed by atoms with Gasteiger partial charge in [-0.2, -0.15) is 0 Å². The van der Waals surface area contributed by atoms with Gasteiger partial charge in [0, 0.05) is 25.8 Å². The molecule has 1 saturated carbocycles. The van der Waals surface area contributed by atoms with Crippen molar-refractivity contribution in [3.05, 3.63) is 35.4 Å². The molecule has 0 amide bonds. The predicted octanol–water partition coefficient (Wildman–Crippen LogP) is 4.02. The maximum Gasteiger partial charge on any atom is 0.191 e. The highest BCUT2D eigenvalue weighted by Crippen LogP contribution is 2.23. The van der Waals surface area contributed by atoms with Crippen molar-refractivity contribution in [1.82, 2.24) is 10.6 Å². The normalized spacial score (nSPS) is 24.1. The molecule has 5 heteroatoms. The van der Waals surface area contributed by atoms with Gasteiger partial charge < -0.3 is 20.1 Å². The third-order valence-electron chi connectivity index (χ3n) is 5.77. The number of aliphatic imine (C=N–C) groups is 1. The number of nitrogens with zero attached hydrogens (tertiary/aromatic N) is 1. The highest BCUT2D eigenvalue weighted by atomic mass is 16.5. The van der Waals surface area contributed by atoms with E-state index >= 15 is 0 Å². The lowest BCUT2D eigenvalue weighted by Crippen LogP contribution is -2.44. The Bertz CT molecular complexity index is 606. The van der Waals surface area contributed by atoms with Gasteiger partial charge in [-0.3, -0.25) is 0 Å². The Morgan fingerprint density at radius 2 is 1.86 bits per heavy atom. The van der Waals surface area contributed by atoms with Gasteiger partial charge in [-0.1, -0.05) is 31.2 Å². The first-order valence-electron chi connectivity index (χ1n) is 11.0. The molecule has 5 nitrogen and oxygen atoms in total. The standard InChI is InChI=1S/C23H37N3O2/c1-3-24-23(26-21-9-7-18(2)8-10-21)25-16-19-5-4-6-20(15-19)17-28-22-11-13-27-14-12-22/h4-6,15,18,21-22H,3,7-14,16-17H2,1-2H3,(H2,24,25,26). The molecule has 156 valence electrons. The van der Waals surface area contributed by atoms with Gasteiger partial charge in [-0.05, 0) is 62.5 Å². The lowest BCUT2D eigenvalue weighted by Gasteiger charge is -2.28. The summed E-state index contributed by atoms with van der Waals surface area (Å²) in [6.07, 6.45) is 7.44. The molecule has 0 radical (unpaired) electrons. The van der Waals surface area contributed by atoms with E-state index in [0.29, 0.717) is 25.3 Å². The van der Waals surface area contributed by atoms with Gasteiger partial charge in [0.2, 0.25) is 0 Å². The number of nitrogens with one attached hydrogen (secondary N) is 2. The Hall–Kier alpha value is -1.59. The fraction of sp³-hybridized carbons (Fsp3) is 0.696. The minimum absolute atomic E-state index is 0.332. The third kappa shape index (κ3) is 7.10. The third-order valence-corrected chi connectivity index (χ3v) is 5.77. The molecule has 0 atom stereocenters. The van der Waals surface area contributed by atoms with Crippen LogP contribution in [0.4, 0.5) is 0 Å². The molecular weight excluding hydrogens is 350 g/mol. The van der Waals surface area contributed by atoms with E-state index in [1.54, 1.807) is 0 Å². The lowest BCUT2D eigenvalue weighted by atomic mass is 9.87. The van der Waals surface area contributed by atoms with E-state index < -0.39 is 0 Å². The van der Waals surface area contributed by atoms with E-state index in [1.807, 2.05) is 0 Å². The number of guanidine groups is 1. The molecule has 2 aliphatic rings. The largest absolute Gasteiger partial charge is 0.381 e. The average Bonchev–Trinajstić information content (AvgIpc) is 2.73. The van der Waals surface area contributed by atoms with Crippen LogP contribution in [-0.2, 0) is 22.6 Å². The van der Waals surface area contributed by atoms with E-state index in [-0.39, 0.29) is 0 Å². The van der Waals surface area contributed by atoms with Crippen LogP contribution in [0.15, 0.2) is 29.3 Å². The summed E-state index contributed by atoms with van der Waals surface area (Å²) in [5, 5.41) is 7.03. The summed E-state index contributed by atoms with van der Waals surface area (Å²) in [4.78, 5) is 4.83. The molecule has 28 heavy (non-hydrogen) atoms. The zero-order valence-corrected chi connectivity index (χ0v) is 17.6. The second-order valence-corrected chi connectivity index (χ2v) is 8.24. The van der Waals surface area contributed by atoms with E-state index in [9.17, 15) is 0 Å². The quantitative estimate of drug-likeness (QED) is 0.548. The van der Waals surface area contributed by atoms with Crippen LogP contribution in [0, 0.1) is 5.92 Å². The summed E-state index contributed by atoms with van der Waals surface area (Å²) in [5.74, 6) is 1.80. The minimum Gasteiger partial charge on any atom is -0.381 e. The van der Waals surface area contributed by atoms with Gasteiger partial charge in [0.05, 0.1) is 19.3 Å². The fourth-order valence-electron chi connectivity index (χ4n) is 3.96. The molecule has 1 aliphatic carbocycles. The predicted molar refractivity (Wildman–Crippen MR) is 114 cm³/mol. The number of hydrogen-bond donors (Lipinski definition) is 2. The molecule has 2 N–H and O–H groups in total. The van der Waals surface area contributed by atoms with Crippen LogP contribution in [0.3, 0.4) is 0 Å². The van der Waals surface area contributed by atoms with Gasteiger partial charge in [0.1, 0.15) is 0 Å². The van der Waals surface area contributed by atoms with Crippen molar-refractivity contribution in [3.8, 4) is 0 Å². The van der Waals surface area contributed by atoms with Crippen LogP contribution in [-0.4, -0.2) is 37.9 Å². The molecular formula is C23H37N3O2. The van der Waals surface area contributed by atoms with Crippen LogP contribution < -0.4 is 10.6 Å². The molecule has 3 rings (SSSR count). The monoisotopic (exact) mass is 387 g/mol. The zero-order chi connectivity index (χ0) is 19.6. The number of benzene rings is 1. The van der Waals surface area contributed by atoms with Gasteiger partial charge in [0.25, 0.3) is 0 Å². The Morgan fingerprint density at radius 1 is 1.11 bits per heavy atom. The van der Waals surface area contributed by atoms with Crippen molar-refractivity contribution in [2.75, 3.05) is 19.8 Å². The summed E-state index contributed by atoms with van der Waals surface area (Å²) in [7, 11) is 0. The maximum absolute atomic E-state index is 6.06. The molecule has 0 unspecified atom stereocenters. The van der Waals surface area contributed by atoms with Crippen LogP contribution in [0.25, 0.3) is 0 Å². The summed E-state index contributed by atoms with van der Waals surface area (Å²) in [6.45, 7) is 8.35. The lowest BCUT2D eigenvalue weighted by molar-refractivity contribution is -0.0390. The van der Waals surface area contributed by atoms with Gasteiger partial charge >= 0.3 is 0 Å². The fourth-order valence-corrected chi connectivity index (χ4v) is 3.96. The second-order valence-electron chi connectivity index (χ2n) is 8.24. The number of hydrogen-bond acceptors (Lipinski definition) is 3. The Morgan fingerprint density at radius 3 is 2.61 bits per heavy atom. The summed E-state index contributed by atoms with van der Waals surface area (Å²) < 4.78 is 11.5. The highest BCUT2D eigenvalue weighted by Gasteiger charge is 2.19. The SMILES string of the molecule is CCNC(=NCc1cccc(COC2CCOCC2)c1)NC1CCC(C)CC1. The first kappa shape index (κ1) is 21.1. The summed E-state index contributed by atoms with van der Waals surface area (Å²) >= 11 is 0. The smallest absolute Gasteiger partial charge is 0.191 e. The summed E-state index contributed by atoms with van der Waals surface area (Å²) in [5.41, 5.74) is 2.45. The molecule has 0 bridgehead atoms. The van der Waals surface area contributed by atoms with Crippen molar-refractivity contribution >= 4 is 5.96 Å². The maximum atomic E-state index is 6.06. The zero-order valence-electron chi connectivity index (χ0n) is 17.6. The van der Waals surface area contributed by atoms with E-state index in [0.717, 1.165) is 44.5 Å². The molecule has 0 aromatic heterocycles. The van der Waals surface area contributed by atoms with Crippen LogP contribution in [0.1, 0.15) is 63.5 Å². The van der Waals surface area contributed by atoms with Crippen molar-refractivity contribution in [2.24, 2.45) is 10.9 Å². The van der Waals surface area contributed by atoms with Crippen molar-refractivity contribution in [2.45, 2.75) is 77.7 Å². The molecule has 0 spiro atoms. The molecule has 1 aliphatic heterocycles. The van der Waals surface area contributed by atoms with Gasteiger partial charge in [-0.25, -0.2) is 4.99 Å². The van der Waals surface area contributed by atoms with Gasteiger partial charge in [0.15, 0.2) is 5.96 Å². The van der Waals surface area contributed by atoms with E-state index in [4.69, 9.17) is 14.5 Å². The molecule has 1 aromatic carbocycles. The average molecular weight is 388 g/mol. The van der Waals surface area contributed by atoms with Crippen LogP contribution >= 0.6 is 0 Å². The molecule has 1 saturated heterocycles. The van der Waals surface area contributed by atoms with E-state index in [1.165, 1.54) is 36.8 Å². The van der Waals surface area contributed by atoms with Crippen molar-refractivity contribution in [3.63, 3.8) is 0 Å². The van der Waals surface area contributed by atoms with Crippen LogP contribution in [0.2, 0.25) is 0 Å². The molecule has 1 aromatic rings. The Balaban J connectivity index is 1.51. The summed E-state index contributed by atoms with van der Waals surface area (Å²) in [6, 6.07) is 9.16. The first-order valence-corrected chi connectivity index (χ1v) is 11.0. The van der Waals surface area contributed by atoms with Crippen molar-refractivity contribution < 1.29 is 9.47 Å². The molecule has 2 fully saturated rings. The minimum atomic E-state index is 0.332. The molecule has 1 heterocycles. The van der Waals surface area contributed by atoms with E-state index in [2.05, 4.69) is 48.7 Å². The Labute approximate surface area is 170 Å². The van der Waals surface area contributed by atoms with Crippen LogP contribution in [0.5, 0.6) is 0 Å².